The maximum atomic E-state index is 13.0. The molecule has 0 saturated carbocycles. The Hall–Kier alpha value is -4.39. The molecule has 1 aliphatic heterocycles. The minimum Gasteiger partial charge on any atom is -0.493 e. The molecule has 0 fully saturated rings. The fraction of sp³-hybridized carbons (Fsp3) is 0.229. The summed E-state index contributed by atoms with van der Waals surface area (Å²) in [5, 5.41) is 0. The van der Waals surface area contributed by atoms with Crippen LogP contribution < -0.4 is 0 Å². The maximum Gasteiger partial charge on any atom is 0.508 e. The minimum atomic E-state index is -0.749. The van der Waals surface area contributed by atoms with E-state index >= 15 is 0 Å². The predicted octanol–water partition coefficient (Wildman–Crippen LogP) is 7.04. The van der Waals surface area contributed by atoms with E-state index in [0.29, 0.717) is 13.2 Å². The summed E-state index contributed by atoms with van der Waals surface area (Å²) >= 11 is 0. The van der Waals surface area contributed by atoms with Crippen LogP contribution in [0.4, 0.5) is 4.79 Å². The zero-order chi connectivity index (χ0) is 27.9. The van der Waals surface area contributed by atoms with E-state index in [1.165, 1.54) is 11.1 Å². The Kier molecular flexibility index (Phi) is 8.41. The van der Waals surface area contributed by atoms with Crippen LogP contribution in [0.15, 0.2) is 122 Å². The summed E-state index contributed by atoms with van der Waals surface area (Å²) < 4.78 is 29.7. The Morgan fingerprint density at radius 2 is 1.27 bits per heavy atom. The van der Waals surface area contributed by atoms with Crippen molar-refractivity contribution >= 4 is 6.16 Å². The highest BCUT2D eigenvalue weighted by atomic mass is 16.7. The van der Waals surface area contributed by atoms with Crippen LogP contribution in [0.25, 0.3) is 11.1 Å². The van der Waals surface area contributed by atoms with Crippen LogP contribution >= 0.6 is 0 Å². The van der Waals surface area contributed by atoms with E-state index in [-0.39, 0.29) is 19.1 Å². The number of carbonyl (C=O) groups is 1. The summed E-state index contributed by atoms with van der Waals surface area (Å²) in [6, 6.07) is 36.2. The number of fused-ring (bicyclic) bond motifs is 3. The van der Waals surface area contributed by atoms with Gasteiger partial charge in [0.2, 0.25) is 0 Å². The first kappa shape index (κ1) is 26.8. The van der Waals surface area contributed by atoms with Crippen molar-refractivity contribution in [3.05, 3.63) is 144 Å². The van der Waals surface area contributed by atoms with Crippen molar-refractivity contribution in [2.24, 2.45) is 0 Å². The molecule has 4 aromatic rings. The van der Waals surface area contributed by atoms with E-state index in [2.05, 4.69) is 24.3 Å². The Morgan fingerprint density at radius 1 is 0.683 bits per heavy atom. The van der Waals surface area contributed by atoms with Gasteiger partial charge in [0.1, 0.15) is 12.7 Å². The average Bonchev–Trinajstić information content (AvgIpc) is 3.34. The van der Waals surface area contributed by atoms with E-state index in [0.717, 1.165) is 22.3 Å². The largest absolute Gasteiger partial charge is 0.508 e. The molecule has 2 aliphatic rings. The summed E-state index contributed by atoms with van der Waals surface area (Å²) in [6.07, 6.45) is 0.717. The van der Waals surface area contributed by atoms with Crippen LogP contribution in [0.2, 0.25) is 0 Å². The van der Waals surface area contributed by atoms with Gasteiger partial charge >= 0.3 is 6.16 Å². The first-order valence-corrected chi connectivity index (χ1v) is 13.9. The molecule has 3 atom stereocenters. The van der Waals surface area contributed by atoms with Crippen molar-refractivity contribution in [2.75, 3.05) is 13.2 Å². The smallest absolute Gasteiger partial charge is 0.493 e. The highest BCUT2D eigenvalue weighted by Gasteiger charge is 2.37. The second-order valence-electron chi connectivity index (χ2n) is 10.1. The number of hydrogen-bond acceptors (Lipinski definition) is 6. The van der Waals surface area contributed by atoms with Gasteiger partial charge in [-0.25, -0.2) is 4.79 Å². The van der Waals surface area contributed by atoms with E-state index in [9.17, 15) is 4.79 Å². The molecule has 0 N–H and O–H groups in total. The molecular weight excluding hydrogens is 516 g/mol. The van der Waals surface area contributed by atoms with Crippen molar-refractivity contribution in [1.29, 1.82) is 0 Å². The molecule has 0 saturated heterocycles. The molecule has 6 rings (SSSR count). The quantitative estimate of drug-likeness (QED) is 0.198. The second kappa shape index (κ2) is 12.9. The number of carbonyl (C=O) groups excluding carboxylic acids is 1. The second-order valence-corrected chi connectivity index (χ2v) is 10.1. The summed E-state index contributed by atoms with van der Waals surface area (Å²) in [5.41, 5.74) is 6.70. The molecule has 208 valence electrons. The minimum absolute atomic E-state index is 0.0514. The van der Waals surface area contributed by atoms with Gasteiger partial charge in [0, 0.05) is 5.92 Å². The SMILES string of the molecule is O=C(OCC1c2ccccc2-c2ccccc21)O[C@@H]1C=CO[C@H](COCc2ccccc2)[C@@H]1OCc1ccccc1. The number of benzene rings is 4. The summed E-state index contributed by atoms with van der Waals surface area (Å²) in [7, 11) is 0. The van der Waals surface area contributed by atoms with Gasteiger partial charge in [-0.2, -0.15) is 0 Å². The van der Waals surface area contributed by atoms with Crippen LogP contribution in [0, 0.1) is 0 Å². The van der Waals surface area contributed by atoms with Gasteiger partial charge in [0.15, 0.2) is 12.2 Å². The molecule has 4 aromatic carbocycles. The van der Waals surface area contributed by atoms with E-state index < -0.39 is 24.5 Å². The number of rotatable bonds is 10. The number of hydrogen-bond donors (Lipinski definition) is 0. The lowest BCUT2D eigenvalue weighted by Crippen LogP contribution is -2.46. The molecule has 0 aromatic heterocycles. The molecule has 0 amide bonds. The third kappa shape index (κ3) is 6.35. The Morgan fingerprint density at radius 3 is 1.93 bits per heavy atom. The van der Waals surface area contributed by atoms with Crippen molar-refractivity contribution < 1.29 is 28.5 Å². The van der Waals surface area contributed by atoms with Crippen molar-refractivity contribution in [2.45, 2.75) is 37.4 Å². The standard InChI is InChI=1S/C35H32O6/c36-35(40-23-31-29-17-9-7-15-27(29)28-16-8-10-18-30(28)31)41-32-19-20-38-33(24-37-21-25-11-3-1-4-12-25)34(32)39-22-26-13-5-2-6-14-26/h1-20,31-34H,21-24H2/t32-,33-,34-/m1/s1. The van der Waals surface area contributed by atoms with Gasteiger partial charge in [-0.3, -0.25) is 0 Å². The molecule has 0 spiro atoms. The van der Waals surface area contributed by atoms with E-state index in [4.69, 9.17) is 23.7 Å². The van der Waals surface area contributed by atoms with Crippen molar-refractivity contribution in [1.82, 2.24) is 0 Å². The molecule has 0 unspecified atom stereocenters. The molecule has 1 aliphatic carbocycles. The van der Waals surface area contributed by atoms with Crippen LogP contribution in [-0.2, 0) is 36.9 Å². The first-order chi connectivity index (χ1) is 20.3. The van der Waals surface area contributed by atoms with E-state index in [1.807, 2.05) is 84.9 Å². The monoisotopic (exact) mass is 548 g/mol. The van der Waals surface area contributed by atoms with Gasteiger partial charge < -0.3 is 23.7 Å². The lowest BCUT2D eigenvalue weighted by Gasteiger charge is -2.34. The average molecular weight is 549 g/mol. The molecule has 6 nitrogen and oxygen atoms in total. The third-order valence-corrected chi connectivity index (χ3v) is 7.45. The van der Waals surface area contributed by atoms with Crippen molar-refractivity contribution in [3.63, 3.8) is 0 Å². The Balaban J connectivity index is 1.11. The molecule has 1 heterocycles. The number of ether oxygens (including phenoxy) is 5. The predicted molar refractivity (Wildman–Crippen MR) is 155 cm³/mol. The van der Waals surface area contributed by atoms with Crippen LogP contribution in [0.3, 0.4) is 0 Å². The normalized spacial score (nSPS) is 19.2. The lowest BCUT2D eigenvalue weighted by molar-refractivity contribution is -0.136. The van der Waals surface area contributed by atoms with Crippen LogP contribution in [0.5, 0.6) is 0 Å². The maximum absolute atomic E-state index is 13.0. The topological polar surface area (TPSA) is 63.2 Å². The Labute approximate surface area is 240 Å². The third-order valence-electron chi connectivity index (χ3n) is 7.45. The molecule has 41 heavy (non-hydrogen) atoms. The summed E-state index contributed by atoms with van der Waals surface area (Å²) in [5.74, 6) is -0.0514. The van der Waals surface area contributed by atoms with Gasteiger partial charge in [-0.1, -0.05) is 109 Å². The van der Waals surface area contributed by atoms with Crippen LogP contribution in [-0.4, -0.2) is 37.7 Å². The molecule has 0 radical (unpaired) electrons. The fourth-order valence-electron chi connectivity index (χ4n) is 5.43. The van der Waals surface area contributed by atoms with Gasteiger partial charge in [-0.05, 0) is 39.5 Å². The zero-order valence-corrected chi connectivity index (χ0v) is 22.6. The van der Waals surface area contributed by atoms with Gasteiger partial charge in [0.25, 0.3) is 0 Å². The zero-order valence-electron chi connectivity index (χ0n) is 22.6. The highest BCUT2D eigenvalue weighted by molar-refractivity contribution is 5.79. The molecule has 6 heteroatoms. The highest BCUT2D eigenvalue weighted by Crippen LogP contribution is 2.44. The van der Waals surface area contributed by atoms with Gasteiger partial charge in [-0.15, -0.1) is 0 Å². The van der Waals surface area contributed by atoms with Crippen LogP contribution in [0.1, 0.15) is 28.2 Å². The summed E-state index contributed by atoms with van der Waals surface area (Å²) in [4.78, 5) is 13.0. The fourth-order valence-corrected chi connectivity index (χ4v) is 5.43. The summed E-state index contributed by atoms with van der Waals surface area (Å²) in [6.45, 7) is 1.22. The first-order valence-electron chi connectivity index (χ1n) is 13.9. The van der Waals surface area contributed by atoms with Crippen molar-refractivity contribution in [3.8, 4) is 11.1 Å². The lowest BCUT2D eigenvalue weighted by atomic mass is 9.98. The molecular formula is C35H32O6. The van der Waals surface area contributed by atoms with E-state index in [1.54, 1.807) is 12.3 Å². The molecule has 0 bridgehead atoms. The Bertz CT molecular complexity index is 1420. The van der Waals surface area contributed by atoms with Gasteiger partial charge in [0.05, 0.1) is 26.1 Å².